The highest BCUT2D eigenvalue weighted by Crippen LogP contribution is 2.28. The second-order valence-corrected chi connectivity index (χ2v) is 5.55. The number of aromatic nitrogens is 3. The molecule has 0 aliphatic rings. The van der Waals surface area contributed by atoms with E-state index in [0.717, 1.165) is 33.7 Å². The minimum atomic E-state index is -0.830. The summed E-state index contributed by atoms with van der Waals surface area (Å²) in [5.41, 5.74) is 2.88. The molecule has 3 aromatic rings. The molecular weight excluding hydrogens is 264 g/mol. The van der Waals surface area contributed by atoms with E-state index in [1.807, 2.05) is 37.4 Å². The molecule has 3 N–H and O–H groups in total. The summed E-state index contributed by atoms with van der Waals surface area (Å²) in [4.78, 5) is 11.7. The number of aliphatic hydroxyl groups is 1. The van der Waals surface area contributed by atoms with E-state index in [-0.39, 0.29) is 0 Å². The minimum absolute atomic E-state index is 0.801. The van der Waals surface area contributed by atoms with Crippen LogP contribution in [0.5, 0.6) is 0 Å². The SMILES string of the molecule is CNc1ncnc2[nH]c(-c3ccc(C(C)(C)O)cc3)cc12. The Labute approximate surface area is 123 Å². The second kappa shape index (κ2) is 4.86. The lowest BCUT2D eigenvalue weighted by molar-refractivity contribution is 0.0786. The Morgan fingerprint density at radius 2 is 1.86 bits per heavy atom. The van der Waals surface area contributed by atoms with Crippen LogP contribution in [0.25, 0.3) is 22.3 Å². The van der Waals surface area contributed by atoms with Crippen LogP contribution in [0, 0.1) is 0 Å². The average Bonchev–Trinajstić information content (AvgIpc) is 2.90. The Kier molecular flexibility index (Phi) is 3.14. The van der Waals surface area contributed by atoms with Gasteiger partial charge in [0.05, 0.1) is 11.0 Å². The van der Waals surface area contributed by atoms with Gasteiger partial charge in [0.25, 0.3) is 0 Å². The second-order valence-electron chi connectivity index (χ2n) is 5.55. The number of fused-ring (bicyclic) bond motifs is 1. The molecule has 0 fully saturated rings. The maximum Gasteiger partial charge on any atom is 0.143 e. The van der Waals surface area contributed by atoms with Crippen LogP contribution in [0.15, 0.2) is 36.7 Å². The minimum Gasteiger partial charge on any atom is -0.386 e. The smallest absolute Gasteiger partial charge is 0.143 e. The maximum atomic E-state index is 10.00. The number of nitrogens with one attached hydrogen (secondary N) is 2. The van der Waals surface area contributed by atoms with E-state index in [2.05, 4.69) is 20.3 Å². The Morgan fingerprint density at radius 3 is 2.48 bits per heavy atom. The highest BCUT2D eigenvalue weighted by atomic mass is 16.3. The summed E-state index contributed by atoms with van der Waals surface area (Å²) in [6.07, 6.45) is 1.53. The number of hydrogen-bond acceptors (Lipinski definition) is 4. The van der Waals surface area contributed by atoms with Crippen LogP contribution in [0.2, 0.25) is 0 Å². The molecule has 0 amide bonds. The third-order valence-corrected chi connectivity index (χ3v) is 3.56. The summed E-state index contributed by atoms with van der Waals surface area (Å²) in [7, 11) is 1.84. The molecule has 1 aromatic carbocycles. The first-order valence-electron chi connectivity index (χ1n) is 6.84. The lowest BCUT2D eigenvalue weighted by Crippen LogP contribution is -2.14. The van der Waals surface area contributed by atoms with Gasteiger partial charge < -0.3 is 15.4 Å². The van der Waals surface area contributed by atoms with E-state index >= 15 is 0 Å². The van der Waals surface area contributed by atoms with Gasteiger partial charge in [0, 0.05) is 12.7 Å². The van der Waals surface area contributed by atoms with Gasteiger partial charge >= 0.3 is 0 Å². The lowest BCUT2D eigenvalue weighted by Gasteiger charge is -2.17. The molecule has 108 valence electrons. The number of benzene rings is 1. The number of H-pyrrole nitrogens is 1. The number of hydrogen-bond donors (Lipinski definition) is 3. The molecule has 2 aromatic heterocycles. The molecule has 0 saturated heterocycles. The molecule has 0 aliphatic heterocycles. The van der Waals surface area contributed by atoms with Gasteiger partial charge in [-0.15, -0.1) is 0 Å². The van der Waals surface area contributed by atoms with Crippen LogP contribution >= 0.6 is 0 Å². The van der Waals surface area contributed by atoms with Crippen molar-refractivity contribution in [3.63, 3.8) is 0 Å². The van der Waals surface area contributed by atoms with Gasteiger partial charge in [-0.05, 0) is 31.0 Å². The summed E-state index contributed by atoms with van der Waals surface area (Å²) in [6.45, 7) is 3.56. The molecular formula is C16H18N4O. The Hall–Kier alpha value is -2.40. The van der Waals surface area contributed by atoms with Crippen molar-refractivity contribution in [1.29, 1.82) is 0 Å². The van der Waals surface area contributed by atoms with Crippen LogP contribution < -0.4 is 5.32 Å². The monoisotopic (exact) mass is 282 g/mol. The first-order valence-corrected chi connectivity index (χ1v) is 6.84. The van der Waals surface area contributed by atoms with Crippen molar-refractivity contribution in [1.82, 2.24) is 15.0 Å². The van der Waals surface area contributed by atoms with Crippen LogP contribution in [0.1, 0.15) is 19.4 Å². The van der Waals surface area contributed by atoms with Gasteiger partial charge in [-0.1, -0.05) is 24.3 Å². The van der Waals surface area contributed by atoms with Crippen molar-refractivity contribution in [2.45, 2.75) is 19.4 Å². The number of rotatable bonds is 3. The molecule has 0 bridgehead atoms. The summed E-state index contributed by atoms with van der Waals surface area (Å²) in [5.74, 6) is 0.801. The van der Waals surface area contributed by atoms with Gasteiger partial charge in [-0.25, -0.2) is 9.97 Å². The van der Waals surface area contributed by atoms with Crippen molar-refractivity contribution in [3.05, 3.63) is 42.2 Å². The summed E-state index contributed by atoms with van der Waals surface area (Å²) in [6, 6.07) is 9.88. The molecule has 5 nitrogen and oxygen atoms in total. The number of anilines is 1. The van der Waals surface area contributed by atoms with E-state index < -0.39 is 5.60 Å². The Balaban J connectivity index is 2.04. The van der Waals surface area contributed by atoms with Gasteiger partial charge in [0.1, 0.15) is 17.8 Å². The molecule has 5 heteroatoms. The first kappa shape index (κ1) is 13.6. The topological polar surface area (TPSA) is 73.8 Å². The average molecular weight is 282 g/mol. The summed E-state index contributed by atoms with van der Waals surface area (Å²) in [5, 5.41) is 14.0. The van der Waals surface area contributed by atoms with Gasteiger partial charge in [0.2, 0.25) is 0 Å². The highest BCUT2D eigenvalue weighted by Gasteiger charge is 2.16. The predicted octanol–water partition coefficient (Wildman–Crippen LogP) is 2.89. The fourth-order valence-corrected chi connectivity index (χ4v) is 2.35. The zero-order valence-corrected chi connectivity index (χ0v) is 12.3. The normalized spacial score (nSPS) is 11.8. The molecule has 0 unspecified atom stereocenters. The van der Waals surface area contributed by atoms with Crippen molar-refractivity contribution in [2.24, 2.45) is 0 Å². The molecule has 0 saturated carbocycles. The maximum absolute atomic E-state index is 10.00. The zero-order chi connectivity index (χ0) is 15.0. The summed E-state index contributed by atoms with van der Waals surface area (Å²) < 4.78 is 0. The van der Waals surface area contributed by atoms with E-state index in [9.17, 15) is 5.11 Å². The quantitative estimate of drug-likeness (QED) is 0.690. The fraction of sp³-hybridized carbons (Fsp3) is 0.250. The van der Waals surface area contributed by atoms with Crippen LogP contribution in [-0.2, 0) is 5.60 Å². The molecule has 3 rings (SSSR count). The van der Waals surface area contributed by atoms with E-state index in [1.54, 1.807) is 13.8 Å². The van der Waals surface area contributed by atoms with Crippen molar-refractivity contribution < 1.29 is 5.11 Å². The van der Waals surface area contributed by atoms with E-state index in [4.69, 9.17) is 0 Å². The van der Waals surface area contributed by atoms with Crippen LogP contribution in [-0.4, -0.2) is 27.1 Å². The van der Waals surface area contributed by atoms with Crippen molar-refractivity contribution >= 4 is 16.9 Å². The van der Waals surface area contributed by atoms with Crippen LogP contribution in [0.4, 0.5) is 5.82 Å². The molecule has 21 heavy (non-hydrogen) atoms. The van der Waals surface area contributed by atoms with E-state index in [0.29, 0.717) is 0 Å². The largest absolute Gasteiger partial charge is 0.386 e. The molecule has 0 radical (unpaired) electrons. The Bertz CT molecular complexity index is 769. The predicted molar refractivity (Wildman–Crippen MR) is 84.1 cm³/mol. The summed E-state index contributed by atoms with van der Waals surface area (Å²) >= 11 is 0. The van der Waals surface area contributed by atoms with E-state index in [1.165, 1.54) is 6.33 Å². The van der Waals surface area contributed by atoms with Crippen molar-refractivity contribution in [2.75, 3.05) is 12.4 Å². The highest BCUT2D eigenvalue weighted by molar-refractivity contribution is 5.91. The first-order chi connectivity index (χ1) is 9.99. The number of aromatic amines is 1. The standard InChI is InChI=1S/C16H18N4O/c1-16(2,21)11-6-4-10(5-7-11)13-8-12-14(17-3)18-9-19-15(12)20-13/h4-9,21H,1-3H3,(H2,17,18,19,20). The Morgan fingerprint density at radius 1 is 1.14 bits per heavy atom. The molecule has 2 heterocycles. The number of nitrogens with zero attached hydrogens (tertiary/aromatic N) is 2. The molecule has 0 spiro atoms. The van der Waals surface area contributed by atoms with Gasteiger partial charge in [-0.2, -0.15) is 0 Å². The lowest BCUT2D eigenvalue weighted by atomic mass is 9.97. The third-order valence-electron chi connectivity index (χ3n) is 3.56. The third kappa shape index (κ3) is 2.48. The molecule has 0 aliphatic carbocycles. The van der Waals surface area contributed by atoms with Crippen LogP contribution in [0.3, 0.4) is 0 Å². The fourth-order valence-electron chi connectivity index (χ4n) is 2.35. The zero-order valence-electron chi connectivity index (χ0n) is 12.3. The van der Waals surface area contributed by atoms with Crippen molar-refractivity contribution in [3.8, 4) is 11.3 Å². The molecule has 0 atom stereocenters. The van der Waals surface area contributed by atoms with Gasteiger partial charge in [0.15, 0.2) is 0 Å². The van der Waals surface area contributed by atoms with Gasteiger partial charge in [-0.3, -0.25) is 0 Å².